The molecule has 3 heterocycles. The van der Waals surface area contributed by atoms with Gasteiger partial charge in [0.05, 0.1) is 11.4 Å². The van der Waals surface area contributed by atoms with Crippen LogP contribution in [0.1, 0.15) is 47.3 Å². The molecule has 0 aliphatic carbocycles. The molecule has 0 bridgehead atoms. The van der Waals surface area contributed by atoms with Gasteiger partial charge < -0.3 is 4.90 Å². The van der Waals surface area contributed by atoms with Crippen LogP contribution in [0.25, 0.3) is 5.69 Å². The van der Waals surface area contributed by atoms with E-state index < -0.39 is 0 Å². The number of amides is 1. The Morgan fingerprint density at radius 3 is 2.42 bits per heavy atom. The molecule has 0 N–H and O–H groups in total. The molecular weight excluding hydrogens is 476 g/mol. The number of piperidine rings is 1. The molecule has 0 saturated carbocycles. The third-order valence-electron chi connectivity index (χ3n) is 5.41. The van der Waals surface area contributed by atoms with Crippen molar-refractivity contribution >= 4 is 33.6 Å². The predicted molar refractivity (Wildman–Crippen MR) is 124 cm³/mol. The van der Waals surface area contributed by atoms with Gasteiger partial charge in [0.1, 0.15) is 0 Å². The van der Waals surface area contributed by atoms with Crippen molar-refractivity contribution in [1.82, 2.24) is 29.9 Å². The van der Waals surface area contributed by atoms with Gasteiger partial charge in [-0.05, 0) is 62.9 Å². The third kappa shape index (κ3) is 5.15. The Labute approximate surface area is 194 Å². The van der Waals surface area contributed by atoms with Crippen LogP contribution in [0.15, 0.2) is 40.0 Å². The lowest BCUT2D eigenvalue weighted by molar-refractivity contribution is 0.0690. The van der Waals surface area contributed by atoms with E-state index in [1.165, 1.54) is 11.8 Å². The average molecular weight is 501 g/mol. The van der Waals surface area contributed by atoms with Gasteiger partial charge in [-0.25, -0.2) is 14.6 Å². The molecule has 1 aromatic carbocycles. The van der Waals surface area contributed by atoms with E-state index in [1.54, 1.807) is 4.68 Å². The highest BCUT2D eigenvalue weighted by atomic mass is 79.9. The van der Waals surface area contributed by atoms with Gasteiger partial charge >= 0.3 is 0 Å². The molecular formula is C22H25BrN6OS. The minimum absolute atomic E-state index is 0.0489. The fraction of sp³-hybridized carbons (Fsp3) is 0.409. The molecule has 1 aliphatic heterocycles. The summed E-state index contributed by atoms with van der Waals surface area (Å²) in [5, 5.41) is 9.34. The molecule has 4 rings (SSSR count). The quantitative estimate of drug-likeness (QED) is 0.376. The normalized spacial score (nSPS) is 14.8. The number of aromatic nitrogens is 5. The Morgan fingerprint density at radius 1 is 1.13 bits per heavy atom. The van der Waals surface area contributed by atoms with Crippen molar-refractivity contribution in [1.29, 1.82) is 0 Å². The first kappa shape index (κ1) is 22.0. The smallest absolute Gasteiger partial charge is 0.276 e. The highest BCUT2D eigenvalue weighted by Gasteiger charge is 2.28. The van der Waals surface area contributed by atoms with Gasteiger partial charge in [0, 0.05) is 34.7 Å². The maximum atomic E-state index is 13.3. The minimum atomic E-state index is -0.0489. The molecule has 0 spiro atoms. The first-order valence-corrected chi connectivity index (χ1v) is 12.1. The summed E-state index contributed by atoms with van der Waals surface area (Å²) in [5.41, 5.74) is 3.88. The number of hydrogen-bond acceptors (Lipinski definition) is 6. The zero-order valence-corrected chi connectivity index (χ0v) is 20.3. The number of aryl methyl sites for hydroxylation is 2. The molecule has 0 radical (unpaired) electrons. The van der Waals surface area contributed by atoms with Crippen LogP contribution in [0.5, 0.6) is 0 Å². The van der Waals surface area contributed by atoms with Gasteiger partial charge in [0.15, 0.2) is 10.9 Å². The van der Waals surface area contributed by atoms with E-state index in [4.69, 9.17) is 0 Å². The second kappa shape index (κ2) is 9.48. The fourth-order valence-electron chi connectivity index (χ4n) is 3.64. The number of nitrogens with zero attached hydrogens (tertiary/aromatic N) is 6. The maximum Gasteiger partial charge on any atom is 0.276 e. The van der Waals surface area contributed by atoms with Crippen molar-refractivity contribution in [2.45, 2.75) is 44.5 Å². The summed E-state index contributed by atoms with van der Waals surface area (Å²) in [5.74, 6) is 1.10. The Morgan fingerprint density at radius 2 is 1.77 bits per heavy atom. The number of carbonyl (C=O) groups is 1. The fourth-order valence-corrected chi connectivity index (χ4v) is 4.85. The molecule has 3 aromatic rings. The van der Waals surface area contributed by atoms with Crippen LogP contribution < -0.4 is 0 Å². The number of carbonyl (C=O) groups excluding carboxylic acids is 1. The Kier molecular flexibility index (Phi) is 6.71. The van der Waals surface area contributed by atoms with Crippen molar-refractivity contribution in [3.63, 3.8) is 0 Å². The number of benzene rings is 1. The number of hydrogen-bond donors (Lipinski definition) is 0. The van der Waals surface area contributed by atoms with Gasteiger partial charge in [-0.1, -0.05) is 39.8 Å². The molecule has 9 heteroatoms. The number of halogens is 1. The van der Waals surface area contributed by atoms with Crippen LogP contribution in [0.4, 0.5) is 0 Å². The van der Waals surface area contributed by atoms with Crippen molar-refractivity contribution in [3.8, 4) is 5.69 Å². The van der Waals surface area contributed by atoms with Gasteiger partial charge in [-0.2, -0.15) is 0 Å². The van der Waals surface area contributed by atoms with E-state index >= 15 is 0 Å². The van der Waals surface area contributed by atoms with Gasteiger partial charge in [-0.3, -0.25) is 4.79 Å². The van der Waals surface area contributed by atoms with Crippen molar-refractivity contribution in [3.05, 3.63) is 57.6 Å². The molecule has 162 valence electrons. The van der Waals surface area contributed by atoms with Crippen LogP contribution in [0.2, 0.25) is 0 Å². The SMILES string of the molecule is Cc1cc(C)nc(SCc2c(C(=O)N3CCC(C)CC3)nnn2-c2ccc(Br)cc2)n1. The molecule has 31 heavy (non-hydrogen) atoms. The van der Waals surface area contributed by atoms with Crippen molar-refractivity contribution < 1.29 is 4.79 Å². The zero-order chi connectivity index (χ0) is 22.0. The van der Waals surface area contributed by atoms with Crippen molar-refractivity contribution in [2.24, 2.45) is 5.92 Å². The lowest BCUT2D eigenvalue weighted by Gasteiger charge is -2.29. The van der Waals surface area contributed by atoms with E-state index in [2.05, 4.69) is 43.1 Å². The molecule has 0 atom stereocenters. The summed E-state index contributed by atoms with van der Waals surface area (Å²) in [7, 11) is 0. The maximum absolute atomic E-state index is 13.3. The lowest BCUT2D eigenvalue weighted by atomic mass is 9.99. The molecule has 1 saturated heterocycles. The first-order chi connectivity index (χ1) is 14.9. The van der Waals surface area contributed by atoms with Gasteiger partial charge in [-0.15, -0.1) is 5.10 Å². The summed E-state index contributed by atoms with van der Waals surface area (Å²) in [6, 6.07) is 9.76. The summed E-state index contributed by atoms with van der Waals surface area (Å²) in [6.07, 6.45) is 2.04. The Bertz CT molecular complexity index is 1060. The van der Waals surface area contributed by atoms with Gasteiger partial charge in [0.2, 0.25) is 0 Å². The van der Waals surface area contributed by atoms with E-state index in [0.29, 0.717) is 22.5 Å². The van der Waals surface area contributed by atoms with E-state index in [0.717, 1.165) is 53.2 Å². The summed E-state index contributed by atoms with van der Waals surface area (Å²) in [4.78, 5) is 24.2. The standard InChI is InChI=1S/C22H25BrN6OS/c1-14-8-10-28(11-9-14)21(30)20-19(13-31-22-24-15(2)12-16(3)25-22)29(27-26-20)18-6-4-17(23)5-7-18/h4-7,12,14H,8-11,13H2,1-3H3. The Hall–Kier alpha value is -2.26. The number of rotatable bonds is 5. The van der Waals surface area contributed by atoms with Gasteiger partial charge in [0.25, 0.3) is 5.91 Å². The van der Waals surface area contributed by atoms with E-state index in [-0.39, 0.29) is 5.91 Å². The third-order valence-corrected chi connectivity index (χ3v) is 6.79. The molecule has 7 nitrogen and oxygen atoms in total. The average Bonchev–Trinajstić information content (AvgIpc) is 3.16. The Balaban J connectivity index is 1.66. The van der Waals surface area contributed by atoms with E-state index in [1.807, 2.05) is 49.1 Å². The topological polar surface area (TPSA) is 76.8 Å². The van der Waals surface area contributed by atoms with Crippen LogP contribution in [0, 0.1) is 19.8 Å². The minimum Gasteiger partial charge on any atom is -0.337 e. The second-order valence-corrected chi connectivity index (χ2v) is 9.83. The molecule has 1 aliphatic rings. The lowest BCUT2D eigenvalue weighted by Crippen LogP contribution is -2.38. The largest absolute Gasteiger partial charge is 0.337 e. The summed E-state index contributed by atoms with van der Waals surface area (Å²) < 4.78 is 2.73. The molecule has 1 fully saturated rings. The summed E-state index contributed by atoms with van der Waals surface area (Å²) in [6.45, 7) is 7.67. The number of thioether (sulfide) groups is 1. The molecule has 1 amide bonds. The monoisotopic (exact) mass is 500 g/mol. The predicted octanol–water partition coefficient (Wildman–Crippen LogP) is 4.60. The second-order valence-electron chi connectivity index (χ2n) is 7.97. The first-order valence-electron chi connectivity index (χ1n) is 10.4. The molecule has 2 aromatic heterocycles. The molecule has 0 unspecified atom stereocenters. The highest BCUT2D eigenvalue weighted by Crippen LogP contribution is 2.26. The van der Waals surface area contributed by atoms with Crippen LogP contribution in [-0.4, -0.2) is 48.9 Å². The van der Waals surface area contributed by atoms with Crippen LogP contribution in [-0.2, 0) is 5.75 Å². The van der Waals surface area contributed by atoms with Crippen molar-refractivity contribution in [2.75, 3.05) is 13.1 Å². The van der Waals surface area contributed by atoms with Crippen LogP contribution >= 0.6 is 27.7 Å². The number of likely N-dealkylation sites (tertiary alicyclic amines) is 1. The van der Waals surface area contributed by atoms with E-state index in [9.17, 15) is 4.79 Å². The van der Waals surface area contributed by atoms with Crippen LogP contribution in [0.3, 0.4) is 0 Å². The zero-order valence-electron chi connectivity index (χ0n) is 17.9. The highest BCUT2D eigenvalue weighted by molar-refractivity contribution is 9.10. The summed E-state index contributed by atoms with van der Waals surface area (Å²) >= 11 is 4.96.